The Balaban J connectivity index is 1.64. The van der Waals surface area contributed by atoms with E-state index in [0.717, 1.165) is 4.90 Å². The van der Waals surface area contributed by atoms with Crippen molar-refractivity contribution < 1.29 is 24.0 Å². The minimum Gasteiger partial charge on any atom is -0.461 e. The van der Waals surface area contributed by atoms with Crippen LogP contribution in [0.3, 0.4) is 0 Å². The lowest BCUT2D eigenvalue weighted by Crippen LogP contribution is -2.31. The van der Waals surface area contributed by atoms with Gasteiger partial charge in [0, 0.05) is 25.1 Å². The first-order chi connectivity index (χ1) is 14.9. The van der Waals surface area contributed by atoms with Gasteiger partial charge in [-0.1, -0.05) is 12.1 Å². The van der Waals surface area contributed by atoms with Crippen LogP contribution in [0, 0.1) is 10.1 Å². The van der Waals surface area contributed by atoms with Crippen molar-refractivity contribution in [1.82, 2.24) is 4.90 Å². The van der Waals surface area contributed by atoms with Gasteiger partial charge in [0.25, 0.3) is 17.5 Å². The Bertz CT molecular complexity index is 1010. The lowest BCUT2D eigenvalue weighted by atomic mass is 10.1. The van der Waals surface area contributed by atoms with Gasteiger partial charge < -0.3 is 4.74 Å². The smallest absolute Gasteiger partial charge is 0.354 e. The highest BCUT2D eigenvalue weighted by Crippen LogP contribution is 2.22. The number of imide groups is 1. The number of anilines is 1. The molecule has 0 aliphatic carbocycles. The van der Waals surface area contributed by atoms with Crippen LogP contribution in [-0.4, -0.2) is 46.5 Å². The number of amides is 2. The highest BCUT2D eigenvalue weighted by atomic mass is 16.6. The van der Waals surface area contributed by atoms with Crippen molar-refractivity contribution in [3.05, 3.63) is 69.8 Å². The molecule has 2 aromatic carbocycles. The second kappa shape index (κ2) is 9.61. The third-order valence-corrected chi connectivity index (χ3v) is 4.58. The third kappa shape index (κ3) is 4.92. The number of nitrogens with one attached hydrogen (secondary N) is 1. The van der Waals surface area contributed by atoms with Crippen LogP contribution < -0.4 is 5.43 Å². The summed E-state index contributed by atoms with van der Waals surface area (Å²) in [6.45, 7) is 1.95. The number of hydrazone groups is 1. The fraction of sp³-hybridized carbons (Fsp3) is 0.238. The van der Waals surface area contributed by atoms with Crippen molar-refractivity contribution in [2.45, 2.75) is 19.8 Å². The van der Waals surface area contributed by atoms with E-state index in [4.69, 9.17) is 4.74 Å². The van der Waals surface area contributed by atoms with Crippen molar-refractivity contribution >= 4 is 34.9 Å². The van der Waals surface area contributed by atoms with E-state index in [-0.39, 0.29) is 42.8 Å². The van der Waals surface area contributed by atoms with Crippen LogP contribution in [0.2, 0.25) is 0 Å². The number of rotatable bonds is 9. The van der Waals surface area contributed by atoms with E-state index in [1.807, 2.05) is 0 Å². The van der Waals surface area contributed by atoms with Gasteiger partial charge in [0.2, 0.25) is 0 Å². The first-order valence-electron chi connectivity index (χ1n) is 9.61. The van der Waals surface area contributed by atoms with E-state index in [1.54, 1.807) is 31.2 Å². The van der Waals surface area contributed by atoms with Crippen LogP contribution in [-0.2, 0) is 9.53 Å². The number of ether oxygens (including phenoxy) is 1. The Labute approximate surface area is 177 Å². The molecule has 0 saturated carbocycles. The number of carbonyl (C=O) groups excluding carboxylic acids is 3. The Morgan fingerprint density at radius 1 is 1.10 bits per heavy atom. The fourth-order valence-corrected chi connectivity index (χ4v) is 3.05. The second-order valence-corrected chi connectivity index (χ2v) is 6.61. The Morgan fingerprint density at radius 2 is 1.71 bits per heavy atom. The van der Waals surface area contributed by atoms with Gasteiger partial charge in [0.05, 0.1) is 28.3 Å². The molecule has 0 atom stereocenters. The summed E-state index contributed by atoms with van der Waals surface area (Å²) in [6.07, 6.45) is 0.470. The van der Waals surface area contributed by atoms with E-state index in [0.29, 0.717) is 23.2 Å². The fourth-order valence-electron chi connectivity index (χ4n) is 3.05. The molecule has 2 amide bonds. The van der Waals surface area contributed by atoms with E-state index >= 15 is 0 Å². The predicted molar refractivity (Wildman–Crippen MR) is 112 cm³/mol. The molecule has 2 aromatic rings. The maximum absolute atomic E-state index is 12.4. The molecule has 1 heterocycles. The molecule has 31 heavy (non-hydrogen) atoms. The summed E-state index contributed by atoms with van der Waals surface area (Å²) < 4.78 is 5.01. The SMILES string of the molecule is CCOC(=O)/C(CCCN1C(=O)c2ccccc2C1=O)=N/Nc1ccc([N+](=O)[O-])cc1. The zero-order chi connectivity index (χ0) is 22.4. The lowest BCUT2D eigenvalue weighted by Gasteiger charge is -2.14. The molecule has 0 spiro atoms. The lowest BCUT2D eigenvalue weighted by molar-refractivity contribution is -0.384. The molecule has 0 fully saturated rings. The topological polar surface area (TPSA) is 131 Å². The number of benzene rings is 2. The van der Waals surface area contributed by atoms with Crippen LogP contribution in [0.5, 0.6) is 0 Å². The van der Waals surface area contributed by atoms with E-state index in [1.165, 1.54) is 24.3 Å². The molecular weight excluding hydrogens is 404 g/mol. The third-order valence-electron chi connectivity index (χ3n) is 4.58. The Morgan fingerprint density at radius 3 is 2.26 bits per heavy atom. The van der Waals surface area contributed by atoms with Gasteiger partial charge in [0.1, 0.15) is 5.71 Å². The molecule has 0 saturated heterocycles. The first kappa shape index (κ1) is 21.6. The monoisotopic (exact) mass is 424 g/mol. The van der Waals surface area contributed by atoms with E-state index < -0.39 is 10.9 Å². The average molecular weight is 424 g/mol. The number of hydrogen-bond donors (Lipinski definition) is 1. The van der Waals surface area contributed by atoms with Gasteiger partial charge in [-0.2, -0.15) is 5.10 Å². The predicted octanol–water partition coefficient (Wildman–Crippen LogP) is 3.00. The van der Waals surface area contributed by atoms with Crippen molar-refractivity contribution in [1.29, 1.82) is 0 Å². The van der Waals surface area contributed by atoms with Gasteiger partial charge in [0.15, 0.2) is 0 Å². The minimum absolute atomic E-state index is 0.0684. The zero-order valence-corrected chi connectivity index (χ0v) is 16.7. The molecule has 0 unspecified atom stereocenters. The molecule has 10 nitrogen and oxygen atoms in total. The van der Waals surface area contributed by atoms with Crippen LogP contribution in [0.25, 0.3) is 0 Å². The van der Waals surface area contributed by atoms with Crippen molar-refractivity contribution in [3.63, 3.8) is 0 Å². The molecule has 160 valence electrons. The molecule has 1 aliphatic rings. The summed E-state index contributed by atoms with van der Waals surface area (Å²) in [5.74, 6) is -1.35. The van der Waals surface area contributed by atoms with Crippen LogP contribution >= 0.6 is 0 Å². The molecule has 0 radical (unpaired) electrons. The Kier molecular flexibility index (Phi) is 6.71. The number of non-ortho nitro benzene ring substituents is 1. The van der Waals surface area contributed by atoms with Gasteiger partial charge in [-0.25, -0.2) is 4.79 Å². The summed E-state index contributed by atoms with van der Waals surface area (Å²) in [5, 5.41) is 14.8. The van der Waals surface area contributed by atoms with Crippen molar-refractivity contribution in [3.8, 4) is 0 Å². The number of carbonyl (C=O) groups is 3. The number of fused-ring (bicyclic) bond motifs is 1. The standard InChI is InChI=1S/C21H20N4O6/c1-2-31-21(28)18(23-22-14-9-11-15(12-10-14)25(29)30)8-5-13-24-19(26)16-6-3-4-7-17(16)20(24)27/h3-4,6-7,9-12,22H,2,5,8,13H2,1H3/b23-18+. The maximum atomic E-state index is 12.4. The summed E-state index contributed by atoms with van der Waals surface area (Å²) in [7, 11) is 0. The summed E-state index contributed by atoms with van der Waals surface area (Å²) in [4.78, 5) is 48.4. The minimum atomic E-state index is -0.626. The van der Waals surface area contributed by atoms with Crippen molar-refractivity contribution in [2.75, 3.05) is 18.6 Å². The number of nitro groups is 1. The first-order valence-corrected chi connectivity index (χ1v) is 9.61. The highest BCUT2D eigenvalue weighted by molar-refractivity contribution is 6.36. The Hall–Kier alpha value is -4.08. The molecule has 0 aromatic heterocycles. The number of nitro benzene ring substituents is 1. The average Bonchev–Trinajstić information content (AvgIpc) is 3.01. The van der Waals surface area contributed by atoms with Crippen LogP contribution in [0.1, 0.15) is 40.5 Å². The molecule has 3 rings (SSSR count). The second-order valence-electron chi connectivity index (χ2n) is 6.61. The van der Waals surface area contributed by atoms with E-state index in [2.05, 4.69) is 10.5 Å². The summed E-state index contributed by atoms with van der Waals surface area (Å²) in [6, 6.07) is 12.1. The molecule has 1 aliphatic heterocycles. The van der Waals surface area contributed by atoms with Gasteiger partial charge >= 0.3 is 5.97 Å². The molecule has 10 heteroatoms. The molecule has 0 bridgehead atoms. The largest absolute Gasteiger partial charge is 0.461 e. The summed E-state index contributed by atoms with van der Waals surface area (Å²) in [5.41, 5.74) is 3.88. The van der Waals surface area contributed by atoms with Crippen LogP contribution in [0.15, 0.2) is 53.6 Å². The van der Waals surface area contributed by atoms with Crippen molar-refractivity contribution in [2.24, 2.45) is 5.10 Å². The quantitative estimate of drug-likeness (QED) is 0.215. The maximum Gasteiger partial charge on any atom is 0.354 e. The normalized spacial score (nSPS) is 13.2. The van der Waals surface area contributed by atoms with E-state index in [9.17, 15) is 24.5 Å². The summed E-state index contributed by atoms with van der Waals surface area (Å²) >= 11 is 0. The van der Waals surface area contributed by atoms with Gasteiger partial charge in [-0.3, -0.25) is 30.0 Å². The number of nitrogens with zero attached hydrogens (tertiary/aromatic N) is 3. The number of hydrogen-bond acceptors (Lipinski definition) is 8. The molecule has 1 N–H and O–H groups in total. The zero-order valence-electron chi connectivity index (χ0n) is 16.7. The molecular formula is C21H20N4O6. The van der Waals surface area contributed by atoms with Gasteiger partial charge in [-0.05, 0) is 37.6 Å². The van der Waals surface area contributed by atoms with Gasteiger partial charge in [-0.15, -0.1) is 0 Å². The number of esters is 1. The van der Waals surface area contributed by atoms with Crippen LogP contribution in [0.4, 0.5) is 11.4 Å². The highest BCUT2D eigenvalue weighted by Gasteiger charge is 2.34.